The summed E-state index contributed by atoms with van der Waals surface area (Å²) in [6.45, 7) is 10.4. The van der Waals surface area contributed by atoms with E-state index in [-0.39, 0.29) is 22.6 Å². The van der Waals surface area contributed by atoms with Crippen molar-refractivity contribution >= 4 is 35.8 Å². The van der Waals surface area contributed by atoms with Gasteiger partial charge in [-0.15, -0.1) is 0 Å². The van der Waals surface area contributed by atoms with E-state index in [1.54, 1.807) is 32.6 Å². The fraction of sp³-hybridized carbons (Fsp3) is 0.440. The molecule has 0 spiro atoms. The van der Waals surface area contributed by atoms with Crippen molar-refractivity contribution in [3.05, 3.63) is 58.6 Å². The van der Waals surface area contributed by atoms with Crippen molar-refractivity contribution in [2.75, 3.05) is 30.2 Å². The Morgan fingerprint density at radius 2 is 1.94 bits per heavy atom. The Kier molecular flexibility index (Phi) is 5.42. The fourth-order valence-electron chi connectivity index (χ4n) is 4.86. The van der Waals surface area contributed by atoms with Crippen LogP contribution in [0, 0.1) is 0 Å². The molecule has 2 aliphatic rings. The molecule has 0 saturated carbocycles. The summed E-state index contributed by atoms with van der Waals surface area (Å²) in [7, 11) is -0.849. The van der Waals surface area contributed by atoms with Crippen molar-refractivity contribution in [1.82, 2.24) is 19.5 Å². The summed E-state index contributed by atoms with van der Waals surface area (Å²) in [5.41, 5.74) is 1.40. The molecule has 5 rings (SSSR count). The largest absolute Gasteiger partial charge is 0.374 e. The average Bonchev–Trinajstić information content (AvgIpc) is 3.03. The average molecular weight is 495 g/mol. The van der Waals surface area contributed by atoms with E-state index in [1.807, 2.05) is 24.4 Å². The first kappa shape index (κ1) is 23.7. The molecule has 1 saturated heterocycles. The van der Waals surface area contributed by atoms with Crippen LogP contribution < -0.4 is 21.2 Å². The Balaban J connectivity index is 1.63. The Morgan fingerprint density at radius 1 is 1.17 bits per heavy atom. The Morgan fingerprint density at radius 3 is 2.66 bits per heavy atom. The van der Waals surface area contributed by atoms with Gasteiger partial charge in [-0.2, -0.15) is 4.98 Å². The fourth-order valence-corrected chi connectivity index (χ4v) is 5.65. The van der Waals surface area contributed by atoms with Crippen molar-refractivity contribution in [3.63, 3.8) is 0 Å². The molecule has 1 N–H and O–H groups in total. The third kappa shape index (κ3) is 4.17. The Bertz CT molecular complexity index is 1410. The first-order chi connectivity index (χ1) is 16.4. The SMILES string of the molecule is Cn1ccc(Nc2ncc3c(n2)N(c2cccc(P(C)(C)=O)n2)[C@@H]2CC(C)(C)OC[C@]32C)cc1=O. The highest BCUT2D eigenvalue weighted by molar-refractivity contribution is 7.69. The number of aryl methyl sites for hydroxylation is 1. The van der Waals surface area contributed by atoms with Gasteiger partial charge >= 0.3 is 0 Å². The maximum atomic E-state index is 12.8. The van der Waals surface area contributed by atoms with Crippen LogP contribution in [0.15, 0.2) is 47.5 Å². The highest BCUT2D eigenvalue weighted by Gasteiger charge is 2.55. The topological polar surface area (TPSA) is 102 Å². The molecule has 2 aliphatic heterocycles. The molecular formula is C25H31N6O3P. The lowest BCUT2D eigenvalue weighted by atomic mass is 9.73. The zero-order chi connectivity index (χ0) is 25.2. The van der Waals surface area contributed by atoms with Gasteiger partial charge in [0, 0.05) is 42.2 Å². The molecule has 3 aromatic heterocycles. The van der Waals surface area contributed by atoms with Crippen LogP contribution in [0.3, 0.4) is 0 Å². The number of fused-ring (bicyclic) bond motifs is 3. The van der Waals surface area contributed by atoms with Crippen LogP contribution in [0.2, 0.25) is 0 Å². The van der Waals surface area contributed by atoms with Crippen molar-refractivity contribution in [1.29, 1.82) is 0 Å². The summed E-state index contributed by atoms with van der Waals surface area (Å²) in [6.07, 6.45) is 4.30. The van der Waals surface area contributed by atoms with Gasteiger partial charge in [-0.1, -0.05) is 13.0 Å². The second kappa shape index (κ2) is 8.00. The van der Waals surface area contributed by atoms with Gasteiger partial charge in [0.15, 0.2) is 0 Å². The lowest BCUT2D eigenvalue weighted by Gasteiger charge is -2.46. The minimum atomic E-state index is -2.55. The number of ether oxygens (including phenoxy) is 1. The molecule has 3 aromatic rings. The second-order valence-electron chi connectivity index (χ2n) is 10.7. The highest BCUT2D eigenvalue weighted by Crippen LogP contribution is 2.53. The number of anilines is 4. The predicted octanol–water partition coefficient (Wildman–Crippen LogP) is 3.54. The monoisotopic (exact) mass is 494 g/mol. The van der Waals surface area contributed by atoms with E-state index in [0.717, 1.165) is 17.8 Å². The molecule has 0 aliphatic carbocycles. The molecule has 35 heavy (non-hydrogen) atoms. The molecule has 5 heterocycles. The first-order valence-electron chi connectivity index (χ1n) is 11.6. The zero-order valence-corrected chi connectivity index (χ0v) is 21.8. The summed E-state index contributed by atoms with van der Waals surface area (Å²) >= 11 is 0. The summed E-state index contributed by atoms with van der Waals surface area (Å²) < 4.78 is 20.6. The molecule has 184 valence electrons. The van der Waals surface area contributed by atoms with E-state index in [2.05, 4.69) is 36.0 Å². The van der Waals surface area contributed by atoms with E-state index in [9.17, 15) is 9.36 Å². The summed E-state index contributed by atoms with van der Waals surface area (Å²) in [5.74, 6) is 1.83. The van der Waals surface area contributed by atoms with Crippen molar-refractivity contribution in [2.45, 2.75) is 44.2 Å². The maximum Gasteiger partial charge on any atom is 0.252 e. The molecule has 0 aromatic carbocycles. The van der Waals surface area contributed by atoms with Gasteiger partial charge in [0.05, 0.1) is 18.2 Å². The smallest absolute Gasteiger partial charge is 0.252 e. The number of nitrogens with one attached hydrogen (secondary N) is 1. The van der Waals surface area contributed by atoms with Gasteiger partial charge in [-0.25, -0.2) is 9.97 Å². The minimum absolute atomic E-state index is 0.0330. The summed E-state index contributed by atoms with van der Waals surface area (Å²) in [6, 6.07) is 9.00. The maximum absolute atomic E-state index is 12.8. The van der Waals surface area contributed by atoms with Crippen LogP contribution in [0.4, 0.5) is 23.3 Å². The standard InChI is InChI=1S/C25H31N6O3P/c1-24(2)13-18-25(3,15-34-24)17-14-26-23(27-16-10-11-30(4)21(32)12-16)29-22(17)31(18)19-8-7-9-20(28-19)35(5,6)33/h7-12,14,18H,13,15H2,1-6H3,(H,26,27,29)/t18-,25-/m1/s1. The quantitative estimate of drug-likeness (QED) is 0.550. The normalized spacial score (nSPS) is 23.0. The second-order valence-corrected chi connectivity index (χ2v) is 13.8. The summed E-state index contributed by atoms with van der Waals surface area (Å²) in [4.78, 5) is 28.5. The lowest BCUT2D eigenvalue weighted by Crippen LogP contribution is -2.54. The Labute approximate surface area is 205 Å². The van der Waals surface area contributed by atoms with Crippen LogP contribution in [-0.2, 0) is 21.8 Å². The Hall–Kier alpha value is -3.03. The van der Waals surface area contributed by atoms with Crippen molar-refractivity contribution in [2.24, 2.45) is 7.05 Å². The number of hydrogen-bond acceptors (Lipinski definition) is 8. The van der Waals surface area contributed by atoms with Crippen LogP contribution >= 0.6 is 7.14 Å². The predicted molar refractivity (Wildman–Crippen MR) is 138 cm³/mol. The van der Waals surface area contributed by atoms with E-state index in [1.165, 1.54) is 10.6 Å². The van der Waals surface area contributed by atoms with Gasteiger partial charge in [0.1, 0.15) is 24.2 Å². The van der Waals surface area contributed by atoms with Crippen molar-refractivity contribution < 1.29 is 9.30 Å². The molecule has 0 bridgehead atoms. The minimum Gasteiger partial charge on any atom is -0.374 e. The third-order valence-electron chi connectivity index (χ3n) is 6.99. The van der Waals surface area contributed by atoms with Gasteiger partial charge < -0.3 is 24.1 Å². The lowest BCUT2D eigenvalue weighted by molar-refractivity contribution is -0.0893. The van der Waals surface area contributed by atoms with Gasteiger partial charge in [-0.05, 0) is 51.8 Å². The molecule has 2 atom stereocenters. The molecule has 10 heteroatoms. The van der Waals surface area contributed by atoms with E-state index >= 15 is 0 Å². The molecule has 0 radical (unpaired) electrons. The van der Waals surface area contributed by atoms with E-state index in [4.69, 9.17) is 14.7 Å². The van der Waals surface area contributed by atoms with Crippen LogP contribution in [0.25, 0.3) is 0 Å². The van der Waals surface area contributed by atoms with Gasteiger partial charge in [-0.3, -0.25) is 4.79 Å². The molecule has 0 amide bonds. The van der Waals surface area contributed by atoms with E-state index in [0.29, 0.717) is 29.5 Å². The number of pyridine rings is 2. The van der Waals surface area contributed by atoms with Gasteiger partial charge in [0.2, 0.25) is 5.95 Å². The third-order valence-corrected chi connectivity index (χ3v) is 8.34. The van der Waals surface area contributed by atoms with E-state index < -0.39 is 7.14 Å². The first-order valence-corrected chi connectivity index (χ1v) is 14.2. The highest BCUT2D eigenvalue weighted by atomic mass is 31.2. The number of aromatic nitrogens is 4. The zero-order valence-electron chi connectivity index (χ0n) is 20.9. The van der Waals surface area contributed by atoms with Crippen LogP contribution in [-0.4, -0.2) is 51.1 Å². The van der Waals surface area contributed by atoms with Crippen LogP contribution in [0.5, 0.6) is 0 Å². The number of hydrogen-bond donors (Lipinski definition) is 1. The van der Waals surface area contributed by atoms with Crippen molar-refractivity contribution in [3.8, 4) is 0 Å². The summed E-state index contributed by atoms with van der Waals surface area (Å²) in [5, 5.41) is 3.16. The molecule has 9 nitrogen and oxygen atoms in total. The van der Waals surface area contributed by atoms with Crippen LogP contribution in [0.1, 0.15) is 32.8 Å². The molecular weight excluding hydrogens is 463 g/mol. The number of nitrogens with zero attached hydrogens (tertiary/aromatic N) is 5. The van der Waals surface area contributed by atoms with Gasteiger partial charge in [0.25, 0.3) is 5.56 Å². The molecule has 1 fully saturated rings. The molecule has 0 unspecified atom stereocenters. The number of rotatable bonds is 4.